The average Bonchev–Trinajstić information content (AvgIpc) is 2.77. The first-order valence-corrected chi connectivity index (χ1v) is 11.0. The summed E-state index contributed by atoms with van der Waals surface area (Å²) in [6.07, 6.45) is 1.43. The minimum atomic E-state index is -3.93. The van der Waals surface area contributed by atoms with Crippen LogP contribution in [0.1, 0.15) is 21.5 Å². The molecule has 162 valence electrons. The number of methoxy groups -OCH3 is 2. The zero-order chi connectivity index (χ0) is 22.8. The van der Waals surface area contributed by atoms with Gasteiger partial charge >= 0.3 is 5.97 Å². The summed E-state index contributed by atoms with van der Waals surface area (Å²) < 4.78 is 36.8. The van der Waals surface area contributed by atoms with E-state index in [1.807, 2.05) is 19.9 Å². The molecule has 31 heavy (non-hydrogen) atoms. The monoisotopic (exact) mass is 440 g/mol. The Bertz CT molecular complexity index is 1220. The molecular weight excluding hydrogens is 416 g/mol. The van der Waals surface area contributed by atoms with Crippen molar-refractivity contribution in [1.82, 2.24) is 4.98 Å². The summed E-state index contributed by atoms with van der Waals surface area (Å²) in [6, 6.07) is 13.1. The number of rotatable bonds is 6. The molecule has 0 spiro atoms. The second-order valence-corrected chi connectivity index (χ2v) is 8.90. The number of pyridine rings is 1. The van der Waals surface area contributed by atoms with Gasteiger partial charge < -0.3 is 14.4 Å². The lowest BCUT2D eigenvalue weighted by atomic mass is 10.0. The second-order valence-electron chi connectivity index (χ2n) is 7.04. The van der Waals surface area contributed by atoms with Gasteiger partial charge in [-0.25, -0.2) is 18.2 Å². The number of carbonyl (C=O) groups excluding carboxylic acids is 1. The molecule has 7 nitrogen and oxygen atoms in total. The Morgan fingerprint density at radius 2 is 1.71 bits per heavy atom. The number of sulfone groups is 1. The van der Waals surface area contributed by atoms with Gasteiger partial charge in [-0.2, -0.15) is 0 Å². The maximum absolute atomic E-state index is 13.4. The van der Waals surface area contributed by atoms with Gasteiger partial charge in [0.2, 0.25) is 9.84 Å². The molecule has 0 amide bonds. The molecule has 8 heteroatoms. The first-order valence-electron chi connectivity index (χ1n) is 9.48. The first kappa shape index (κ1) is 22.3. The summed E-state index contributed by atoms with van der Waals surface area (Å²) in [4.78, 5) is 18.4. The van der Waals surface area contributed by atoms with Crippen LogP contribution in [0.5, 0.6) is 5.75 Å². The molecule has 2 aromatic carbocycles. The first-order chi connectivity index (χ1) is 14.7. The van der Waals surface area contributed by atoms with Gasteiger partial charge in [0, 0.05) is 13.2 Å². The fourth-order valence-corrected chi connectivity index (χ4v) is 4.90. The molecule has 0 unspecified atom stereocenters. The lowest BCUT2D eigenvalue weighted by molar-refractivity contribution is 0.0601. The number of hydrogen-bond acceptors (Lipinski definition) is 7. The average molecular weight is 441 g/mol. The van der Waals surface area contributed by atoms with Crippen molar-refractivity contribution in [2.75, 3.05) is 26.2 Å². The third kappa shape index (κ3) is 4.25. The Kier molecular flexibility index (Phi) is 6.31. The molecule has 0 bridgehead atoms. The van der Waals surface area contributed by atoms with E-state index in [9.17, 15) is 13.2 Å². The second kappa shape index (κ2) is 8.77. The molecule has 0 aliphatic carbocycles. The van der Waals surface area contributed by atoms with Crippen molar-refractivity contribution in [1.29, 1.82) is 0 Å². The van der Waals surface area contributed by atoms with Gasteiger partial charge in [0.05, 0.1) is 36.1 Å². The van der Waals surface area contributed by atoms with E-state index in [1.54, 1.807) is 42.3 Å². The predicted molar refractivity (Wildman–Crippen MR) is 118 cm³/mol. The molecule has 1 heterocycles. The quantitative estimate of drug-likeness (QED) is 0.534. The van der Waals surface area contributed by atoms with Gasteiger partial charge in [-0.3, -0.25) is 0 Å². The van der Waals surface area contributed by atoms with Crippen molar-refractivity contribution in [2.24, 2.45) is 0 Å². The Hall–Kier alpha value is -3.39. The maximum Gasteiger partial charge on any atom is 0.340 e. The molecule has 0 fully saturated rings. The SMILES string of the molecule is COC(=O)c1cc(C)cc(C)c1N(C)c1cccnc1S(=O)(=O)c1ccc(OC)cc1. The lowest BCUT2D eigenvalue weighted by Crippen LogP contribution is -2.20. The van der Waals surface area contributed by atoms with Gasteiger partial charge in [-0.1, -0.05) is 6.07 Å². The third-order valence-corrected chi connectivity index (χ3v) is 6.64. The minimum Gasteiger partial charge on any atom is -0.497 e. The van der Waals surface area contributed by atoms with Crippen molar-refractivity contribution >= 4 is 27.2 Å². The van der Waals surface area contributed by atoms with E-state index in [0.29, 0.717) is 22.7 Å². The van der Waals surface area contributed by atoms with Crippen molar-refractivity contribution in [3.63, 3.8) is 0 Å². The summed E-state index contributed by atoms with van der Waals surface area (Å²) in [6.45, 7) is 3.74. The summed E-state index contributed by atoms with van der Waals surface area (Å²) in [5.74, 6) is 0.0485. The highest BCUT2D eigenvalue weighted by molar-refractivity contribution is 7.91. The van der Waals surface area contributed by atoms with Crippen LogP contribution in [-0.4, -0.2) is 40.6 Å². The molecule has 0 saturated heterocycles. The van der Waals surface area contributed by atoms with Gasteiger partial charge in [-0.05, 0) is 67.4 Å². The highest BCUT2D eigenvalue weighted by Gasteiger charge is 2.27. The predicted octanol–water partition coefficient (Wildman–Crippen LogP) is 4.09. The topological polar surface area (TPSA) is 85.8 Å². The molecule has 1 aromatic heterocycles. The Morgan fingerprint density at radius 1 is 1.03 bits per heavy atom. The number of benzene rings is 2. The van der Waals surface area contributed by atoms with E-state index < -0.39 is 15.8 Å². The number of nitrogens with zero attached hydrogens (tertiary/aromatic N) is 2. The molecular formula is C23H24N2O5S. The smallest absolute Gasteiger partial charge is 0.340 e. The highest BCUT2D eigenvalue weighted by Crippen LogP contribution is 2.36. The molecule has 0 aliphatic heterocycles. The normalized spacial score (nSPS) is 11.1. The standard InChI is InChI=1S/C23H24N2O5S/c1-15-13-16(2)21(19(14-15)23(26)30-5)25(3)20-7-6-12-24-22(20)31(27,28)18-10-8-17(29-4)9-11-18/h6-14H,1-5H3. The van der Waals surface area contributed by atoms with E-state index in [-0.39, 0.29) is 9.92 Å². The van der Waals surface area contributed by atoms with E-state index in [1.165, 1.54) is 32.5 Å². The van der Waals surface area contributed by atoms with E-state index >= 15 is 0 Å². The van der Waals surface area contributed by atoms with Gasteiger partial charge in [0.15, 0.2) is 5.03 Å². The zero-order valence-electron chi connectivity index (χ0n) is 18.0. The van der Waals surface area contributed by atoms with Crippen LogP contribution >= 0.6 is 0 Å². The summed E-state index contributed by atoms with van der Waals surface area (Å²) in [7, 11) is 0.596. The number of carbonyl (C=O) groups is 1. The molecule has 3 rings (SSSR count). The van der Waals surface area contributed by atoms with Crippen LogP contribution in [-0.2, 0) is 14.6 Å². The largest absolute Gasteiger partial charge is 0.497 e. The van der Waals surface area contributed by atoms with E-state index in [4.69, 9.17) is 9.47 Å². The van der Waals surface area contributed by atoms with Crippen LogP contribution in [0.2, 0.25) is 0 Å². The van der Waals surface area contributed by atoms with Crippen molar-refractivity contribution in [3.05, 3.63) is 71.4 Å². The Balaban J connectivity index is 2.18. The van der Waals surface area contributed by atoms with Crippen LogP contribution < -0.4 is 9.64 Å². The van der Waals surface area contributed by atoms with Gasteiger partial charge in [0.25, 0.3) is 0 Å². The molecule has 0 radical (unpaired) electrons. The van der Waals surface area contributed by atoms with Crippen molar-refractivity contribution in [3.8, 4) is 5.75 Å². The molecule has 0 saturated carbocycles. The molecule has 0 N–H and O–H groups in total. The third-order valence-electron chi connectivity index (χ3n) is 4.92. The van der Waals surface area contributed by atoms with E-state index in [2.05, 4.69) is 4.98 Å². The van der Waals surface area contributed by atoms with Gasteiger partial charge in [-0.15, -0.1) is 0 Å². The lowest BCUT2D eigenvalue weighted by Gasteiger charge is -2.26. The zero-order valence-corrected chi connectivity index (χ0v) is 18.9. The number of aryl methyl sites for hydroxylation is 2. The summed E-state index contributed by atoms with van der Waals surface area (Å²) >= 11 is 0. The molecule has 3 aromatic rings. The Labute approximate surface area is 182 Å². The highest BCUT2D eigenvalue weighted by atomic mass is 32.2. The Morgan fingerprint density at radius 3 is 2.32 bits per heavy atom. The summed E-state index contributed by atoms with van der Waals surface area (Å²) in [5, 5.41) is -0.113. The number of ether oxygens (including phenoxy) is 2. The minimum absolute atomic E-state index is 0.0930. The van der Waals surface area contributed by atoms with E-state index in [0.717, 1.165) is 11.1 Å². The van der Waals surface area contributed by atoms with Crippen molar-refractivity contribution < 1.29 is 22.7 Å². The number of aromatic nitrogens is 1. The number of hydrogen-bond donors (Lipinski definition) is 0. The van der Waals surface area contributed by atoms with Crippen LogP contribution in [0, 0.1) is 13.8 Å². The van der Waals surface area contributed by atoms with Crippen LogP contribution in [0.4, 0.5) is 11.4 Å². The van der Waals surface area contributed by atoms with Crippen LogP contribution in [0.15, 0.2) is 64.6 Å². The number of anilines is 2. The fraction of sp³-hybridized carbons (Fsp3) is 0.217. The summed E-state index contributed by atoms with van der Waals surface area (Å²) in [5.41, 5.74) is 2.94. The molecule has 0 atom stereocenters. The fourth-order valence-electron chi connectivity index (χ4n) is 3.50. The number of esters is 1. The van der Waals surface area contributed by atoms with Crippen LogP contribution in [0.25, 0.3) is 0 Å². The maximum atomic E-state index is 13.4. The van der Waals surface area contributed by atoms with Crippen molar-refractivity contribution in [2.45, 2.75) is 23.8 Å². The van der Waals surface area contributed by atoms with Gasteiger partial charge in [0.1, 0.15) is 5.75 Å². The van der Waals surface area contributed by atoms with Crippen LogP contribution in [0.3, 0.4) is 0 Å². The molecule has 0 aliphatic rings.